The van der Waals surface area contributed by atoms with Crippen molar-refractivity contribution >= 4 is 11.9 Å². The molecule has 1 N–H and O–H groups in total. The van der Waals surface area contributed by atoms with Gasteiger partial charge in [0, 0.05) is 6.42 Å². The van der Waals surface area contributed by atoms with Gasteiger partial charge >= 0.3 is 6.03 Å². The third-order valence-corrected chi connectivity index (χ3v) is 4.50. The van der Waals surface area contributed by atoms with Gasteiger partial charge in [0.05, 0.1) is 0 Å². The maximum absolute atomic E-state index is 13.0. The molecule has 0 aliphatic carbocycles. The number of imide groups is 1. The van der Waals surface area contributed by atoms with Gasteiger partial charge in [-0.05, 0) is 31.0 Å². The normalized spacial score (nSPS) is 21.4. The molecule has 1 atom stereocenters. The lowest BCUT2D eigenvalue weighted by molar-refractivity contribution is -0.131. The van der Waals surface area contributed by atoms with Gasteiger partial charge in [0.2, 0.25) is 12.7 Å². The van der Waals surface area contributed by atoms with Crippen molar-refractivity contribution in [2.75, 3.05) is 6.79 Å². The molecule has 1 aromatic carbocycles. The molecule has 0 unspecified atom stereocenters. The summed E-state index contributed by atoms with van der Waals surface area (Å²) in [6.07, 6.45) is 1.56. The maximum atomic E-state index is 13.0. The maximum Gasteiger partial charge on any atom is 0.325 e. The number of aromatic nitrogens is 2. The standard InChI is InChI=1S/C17H18N4O5/c1-3-4-13-18-14(26-20-13)8-21-15(22)17(2,19-16(21)23)10-5-6-11-12(7-10)25-9-24-11/h5-7H,3-4,8-9H2,1-2H3,(H,19,23)/t17-/m1/s1. The van der Waals surface area contributed by atoms with Gasteiger partial charge < -0.3 is 19.3 Å². The number of nitrogens with one attached hydrogen (secondary N) is 1. The number of rotatable bonds is 5. The Morgan fingerprint density at radius 1 is 1.27 bits per heavy atom. The van der Waals surface area contributed by atoms with E-state index in [9.17, 15) is 9.59 Å². The lowest BCUT2D eigenvalue weighted by Crippen LogP contribution is -2.40. The average Bonchev–Trinajstić information content (AvgIpc) is 3.31. The van der Waals surface area contributed by atoms with Crippen molar-refractivity contribution in [2.45, 2.75) is 38.8 Å². The largest absolute Gasteiger partial charge is 0.454 e. The van der Waals surface area contributed by atoms with E-state index in [2.05, 4.69) is 15.5 Å². The highest BCUT2D eigenvalue weighted by Gasteiger charge is 2.49. The fourth-order valence-corrected chi connectivity index (χ4v) is 3.06. The Morgan fingerprint density at radius 3 is 2.88 bits per heavy atom. The molecular formula is C17H18N4O5. The van der Waals surface area contributed by atoms with E-state index in [0.29, 0.717) is 29.3 Å². The number of amides is 3. The molecule has 0 radical (unpaired) electrons. The van der Waals surface area contributed by atoms with E-state index in [4.69, 9.17) is 14.0 Å². The van der Waals surface area contributed by atoms with E-state index in [1.165, 1.54) is 0 Å². The number of urea groups is 1. The predicted octanol–water partition coefficient (Wildman–Crippen LogP) is 1.72. The molecule has 3 heterocycles. The van der Waals surface area contributed by atoms with Crippen LogP contribution in [0.3, 0.4) is 0 Å². The summed E-state index contributed by atoms with van der Waals surface area (Å²) < 4.78 is 15.8. The molecule has 2 aromatic rings. The summed E-state index contributed by atoms with van der Waals surface area (Å²) in [7, 11) is 0. The van der Waals surface area contributed by atoms with Gasteiger partial charge in [-0.2, -0.15) is 4.98 Å². The fourth-order valence-electron chi connectivity index (χ4n) is 3.06. The zero-order valence-corrected chi connectivity index (χ0v) is 14.4. The molecule has 0 saturated carbocycles. The minimum atomic E-state index is -1.20. The number of fused-ring (bicyclic) bond motifs is 1. The highest BCUT2D eigenvalue weighted by molar-refractivity contribution is 6.07. The second kappa shape index (κ2) is 6.01. The minimum absolute atomic E-state index is 0.0679. The van der Waals surface area contributed by atoms with Crippen LogP contribution in [0.5, 0.6) is 11.5 Å². The Labute approximate surface area is 149 Å². The minimum Gasteiger partial charge on any atom is -0.454 e. The first-order valence-electron chi connectivity index (χ1n) is 8.37. The Bertz CT molecular complexity index is 880. The van der Waals surface area contributed by atoms with Crippen LogP contribution in [-0.4, -0.2) is 33.8 Å². The molecule has 3 amide bonds. The molecular weight excluding hydrogens is 340 g/mol. The Kier molecular flexibility index (Phi) is 3.78. The fraction of sp³-hybridized carbons (Fsp3) is 0.412. The van der Waals surface area contributed by atoms with Crippen molar-refractivity contribution < 1.29 is 23.6 Å². The van der Waals surface area contributed by atoms with Crippen molar-refractivity contribution in [1.82, 2.24) is 20.4 Å². The summed E-state index contributed by atoms with van der Waals surface area (Å²) in [5.74, 6) is 1.56. The lowest BCUT2D eigenvalue weighted by atomic mass is 9.91. The molecule has 136 valence electrons. The third kappa shape index (κ3) is 2.56. The SMILES string of the molecule is CCCc1noc(CN2C(=O)N[C@](C)(c3ccc4c(c3)OCO4)C2=O)n1. The molecule has 26 heavy (non-hydrogen) atoms. The first kappa shape index (κ1) is 16.4. The number of aryl methyl sites for hydroxylation is 1. The topological polar surface area (TPSA) is 107 Å². The first-order valence-corrected chi connectivity index (χ1v) is 8.37. The van der Waals surface area contributed by atoms with Crippen molar-refractivity contribution in [3.05, 3.63) is 35.5 Å². The zero-order valence-electron chi connectivity index (χ0n) is 14.4. The number of benzene rings is 1. The van der Waals surface area contributed by atoms with Crippen LogP contribution in [0.15, 0.2) is 22.7 Å². The second-order valence-electron chi connectivity index (χ2n) is 6.37. The summed E-state index contributed by atoms with van der Waals surface area (Å²) in [5.41, 5.74) is -0.593. The smallest absolute Gasteiger partial charge is 0.325 e. The van der Waals surface area contributed by atoms with E-state index < -0.39 is 17.5 Å². The quantitative estimate of drug-likeness (QED) is 0.811. The monoisotopic (exact) mass is 358 g/mol. The lowest BCUT2D eigenvalue weighted by Gasteiger charge is -2.22. The molecule has 4 rings (SSSR count). The number of carbonyl (C=O) groups excluding carboxylic acids is 2. The van der Waals surface area contributed by atoms with Crippen LogP contribution < -0.4 is 14.8 Å². The van der Waals surface area contributed by atoms with Crippen LogP contribution in [0.1, 0.15) is 37.5 Å². The predicted molar refractivity (Wildman–Crippen MR) is 87.3 cm³/mol. The van der Waals surface area contributed by atoms with Crippen LogP contribution in [0.25, 0.3) is 0 Å². The third-order valence-electron chi connectivity index (χ3n) is 4.50. The summed E-state index contributed by atoms with van der Waals surface area (Å²) in [5, 5.41) is 6.59. The Morgan fingerprint density at radius 2 is 2.08 bits per heavy atom. The van der Waals surface area contributed by atoms with Crippen LogP contribution in [0.2, 0.25) is 0 Å². The molecule has 9 nitrogen and oxygen atoms in total. The number of ether oxygens (including phenoxy) is 2. The van der Waals surface area contributed by atoms with Crippen LogP contribution in [-0.2, 0) is 23.3 Å². The highest BCUT2D eigenvalue weighted by Crippen LogP contribution is 2.38. The van der Waals surface area contributed by atoms with Gasteiger partial charge in [-0.1, -0.05) is 18.1 Å². The molecule has 2 aliphatic heterocycles. The molecule has 1 saturated heterocycles. The molecule has 0 bridgehead atoms. The number of hydrogen-bond donors (Lipinski definition) is 1. The van der Waals surface area contributed by atoms with E-state index in [-0.39, 0.29) is 19.2 Å². The highest BCUT2D eigenvalue weighted by atomic mass is 16.7. The van der Waals surface area contributed by atoms with Crippen molar-refractivity contribution in [2.24, 2.45) is 0 Å². The number of carbonyl (C=O) groups is 2. The molecule has 1 fully saturated rings. The van der Waals surface area contributed by atoms with Gasteiger partial charge in [-0.3, -0.25) is 9.69 Å². The summed E-state index contributed by atoms with van der Waals surface area (Å²) in [6.45, 7) is 3.73. The average molecular weight is 358 g/mol. The van der Waals surface area contributed by atoms with E-state index in [0.717, 1.165) is 11.3 Å². The van der Waals surface area contributed by atoms with E-state index in [1.807, 2.05) is 6.92 Å². The van der Waals surface area contributed by atoms with Crippen molar-refractivity contribution in [3.63, 3.8) is 0 Å². The summed E-state index contributed by atoms with van der Waals surface area (Å²) >= 11 is 0. The Balaban J connectivity index is 1.57. The Hall–Kier alpha value is -3.10. The van der Waals surface area contributed by atoms with Gasteiger partial charge in [0.25, 0.3) is 5.91 Å². The van der Waals surface area contributed by atoms with E-state index >= 15 is 0 Å². The molecule has 1 aromatic heterocycles. The van der Waals surface area contributed by atoms with Gasteiger partial charge in [0.1, 0.15) is 12.1 Å². The van der Waals surface area contributed by atoms with Crippen LogP contribution >= 0.6 is 0 Å². The van der Waals surface area contributed by atoms with E-state index in [1.54, 1.807) is 25.1 Å². The number of hydrogen-bond acceptors (Lipinski definition) is 7. The van der Waals surface area contributed by atoms with Crippen molar-refractivity contribution in [1.29, 1.82) is 0 Å². The van der Waals surface area contributed by atoms with Gasteiger partial charge in [0.15, 0.2) is 17.3 Å². The molecule has 9 heteroatoms. The zero-order chi connectivity index (χ0) is 18.3. The van der Waals surface area contributed by atoms with Crippen molar-refractivity contribution in [3.8, 4) is 11.5 Å². The summed E-state index contributed by atoms with van der Waals surface area (Å²) in [4.78, 5) is 30.6. The van der Waals surface area contributed by atoms with Gasteiger partial charge in [-0.25, -0.2) is 4.79 Å². The van der Waals surface area contributed by atoms with Crippen LogP contribution in [0, 0.1) is 0 Å². The van der Waals surface area contributed by atoms with Crippen LogP contribution in [0.4, 0.5) is 4.79 Å². The number of nitrogens with zero attached hydrogens (tertiary/aromatic N) is 3. The first-order chi connectivity index (χ1) is 12.5. The van der Waals surface area contributed by atoms with Gasteiger partial charge in [-0.15, -0.1) is 0 Å². The second-order valence-corrected chi connectivity index (χ2v) is 6.37. The molecule has 2 aliphatic rings. The summed E-state index contributed by atoms with van der Waals surface area (Å²) in [6, 6.07) is 4.66. The molecule has 0 spiro atoms.